The van der Waals surface area contributed by atoms with Crippen molar-refractivity contribution in [2.24, 2.45) is 5.92 Å². The Balaban J connectivity index is 1.52. The highest BCUT2D eigenvalue weighted by atomic mass is 16.2. The molecule has 3 aliphatic rings. The maximum Gasteiger partial charge on any atom is 0.317 e. The first-order valence-corrected chi connectivity index (χ1v) is 6.62. The summed E-state index contributed by atoms with van der Waals surface area (Å²) in [5, 5.41) is 6.66. The standard InChI is InChI=1S/C12H21N3O/c16-12(14-10-2-1-3-10)15-7-5-11-9(8-15)4-6-13-11/h9-11,13H,1-8H2,(H,14,16). The molecule has 3 fully saturated rings. The summed E-state index contributed by atoms with van der Waals surface area (Å²) >= 11 is 0. The molecule has 90 valence electrons. The van der Waals surface area contributed by atoms with Crippen LogP contribution >= 0.6 is 0 Å². The molecule has 1 aliphatic carbocycles. The quantitative estimate of drug-likeness (QED) is 0.694. The number of rotatable bonds is 1. The minimum Gasteiger partial charge on any atom is -0.335 e. The van der Waals surface area contributed by atoms with Crippen molar-refractivity contribution in [3.8, 4) is 0 Å². The van der Waals surface area contributed by atoms with Crippen molar-refractivity contribution in [2.75, 3.05) is 19.6 Å². The SMILES string of the molecule is O=C(NC1CCC1)N1CCC2NCCC2C1. The van der Waals surface area contributed by atoms with Gasteiger partial charge < -0.3 is 15.5 Å². The largest absolute Gasteiger partial charge is 0.335 e. The Morgan fingerprint density at radius 3 is 2.88 bits per heavy atom. The van der Waals surface area contributed by atoms with E-state index in [2.05, 4.69) is 10.6 Å². The maximum atomic E-state index is 12.0. The number of piperidine rings is 1. The lowest BCUT2D eigenvalue weighted by atomic mass is 9.92. The van der Waals surface area contributed by atoms with Crippen LogP contribution in [0.1, 0.15) is 32.1 Å². The summed E-state index contributed by atoms with van der Waals surface area (Å²) in [6.45, 7) is 3.01. The topological polar surface area (TPSA) is 44.4 Å². The predicted octanol–water partition coefficient (Wildman–Crippen LogP) is 0.932. The van der Waals surface area contributed by atoms with E-state index in [9.17, 15) is 4.79 Å². The first kappa shape index (κ1) is 10.4. The molecule has 3 rings (SSSR count). The maximum absolute atomic E-state index is 12.0. The Hall–Kier alpha value is -0.770. The lowest BCUT2D eigenvalue weighted by molar-refractivity contribution is 0.151. The summed E-state index contributed by atoms with van der Waals surface area (Å²) < 4.78 is 0. The van der Waals surface area contributed by atoms with E-state index in [1.165, 1.54) is 25.7 Å². The number of carbonyl (C=O) groups excluding carboxylic acids is 1. The Bertz CT molecular complexity index is 277. The van der Waals surface area contributed by atoms with Crippen LogP contribution in [0.2, 0.25) is 0 Å². The third-order valence-electron chi connectivity index (χ3n) is 4.38. The highest BCUT2D eigenvalue weighted by Gasteiger charge is 2.34. The first-order valence-electron chi connectivity index (χ1n) is 6.62. The van der Waals surface area contributed by atoms with Gasteiger partial charge in [0.05, 0.1) is 0 Å². The molecule has 2 amide bonds. The summed E-state index contributed by atoms with van der Waals surface area (Å²) in [7, 11) is 0. The van der Waals surface area contributed by atoms with Gasteiger partial charge in [-0.25, -0.2) is 4.79 Å². The second-order valence-corrected chi connectivity index (χ2v) is 5.42. The predicted molar refractivity (Wildman–Crippen MR) is 62.3 cm³/mol. The van der Waals surface area contributed by atoms with Crippen LogP contribution in [0.3, 0.4) is 0 Å². The summed E-state index contributed by atoms with van der Waals surface area (Å²) in [4.78, 5) is 14.0. The molecule has 4 heteroatoms. The van der Waals surface area contributed by atoms with Crippen molar-refractivity contribution in [3.63, 3.8) is 0 Å². The van der Waals surface area contributed by atoms with Crippen LogP contribution in [0, 0.1) is 5.92 Å². The van der Waals surface area contributed by atoms with Crippen LogP contribution in [0.15, 0.2) is 0 Å². The van der Waals surface area contributed by atoms with Crippen LogP contribution in [0.4, 0.5) is 4.79 Å². The minimum atomic E-state index is 0.176. The lowest BCUT2D eigenvalue weighted by Gasteiger charge is -2.37. The molecule has 0 aromatic heterocycles. The second kappa shape index (κ2) is 4.24. The third kappa shape index (κ3) is 1.90. The minimum absolute atomic E-state index is 0.176. The van der Waals surface area contributed by atoms with Crippen molar-refractivity contribution in [3.05, 3.63) is 0 Å². The molecule has 0 bridgehead atoms. The number of nitrogens with one attached hydrogen (secondary N) is 2. The van der Waals surface area contributed by atoms with Gasteiger partial charge in [0.1, 0.15) is 0 Å². The molecule has 2 aliphatic heterocycles. The number of hydrogen-bond acceptors (Lipinski definition) is 2. The summed E-state index contributed by atoms with van der Waals surface area (Å²) in [5.74, 6) is 0.695. The summed E-state index contributed by atoms with van der Waals surface area (Å²) in [5.41, 5.74) is 0. The van der Waals surface area contributed by atoms with Crippen molar-refractivity contribution < 1.29 is 4.79 Å². The van der Waals surface area contributed by atoms with E-state index in [1.54, 1.807) is 0 Å². The number of nitrogens with zero attached hydrogens (tertiary/aromatic N) is 1. The van der Waals surface area contributed by atoms with E-state index in [4.69, 9.17) is 0 Å². The van der Waals surface area contributed by atoms with Gasteiger partial charge in [0.2, 0.25) is 0 Å². The van der Waals surface area contributed by atoms with E-state index >= 15 is 0 Å². The lowest BCUT2D eigenvalue weighted by Crippen LogP contribution is -2.53. The highest BCUT2D eigenvalue weighted by molar-refractivity contribution is 5.74. The molecule has 2 N–H and O–H groups in total. The van der Waals surface area contributed by atoms with Crippen LogP contribution < -0.4 is 10.6 Å². The molecule has 4 nitrogen and oxygen atoms in total. The Labute approximate surface area is 96.8 Å². The molecular formula is C12H21N3O. The van der Waals surface area contributed by atoms with Crippen molar-refractivity contribution >= 4 is 6.03 Å². The van der Waals surface area contributed by atoms with E-state index in [0.717, 1.165) is 26.1 Å². The average molecular weight is 223 g/mol. The van der Waals surface area contributed by atoms with E-state index in [0.29, 0.717) is 18.0 Å². The summed E-state index contributed by atoms with van der Waals surface area (Å²) in [6, 6.07) is 1.31. The molecule has 0 spiro atoms. The molecule has 1 saturated carbocycles. The molecule has 16 heavy (non-hydrogen) atoms. The van der Waals surface area contributed by atoms with E-state index in [-0.39, 0.29) is 6.03 Å². The zero-order chi connectivity index (χ0) is 11.0. The number of carbonyl (C=O) groups is 1. The summed E-state index contributed by atoms with van der Waals surface area (Å²) in [6.07, 6.45) is 5.99. The van der Waals surface area contributed by atoms with Crippen LogP contribution in [0.25, 0.3) is 0 Å². The van der Waals surface area contributed by atoms with Gasteiger partial charge in [-0.1, -0.05) is 0 Å². The van der Waals surface area contributed by atoms with Gasteiger partial charge >= 0.3 is 6.03 Å². The van der Waals surface area contributed by atoms with E-state index in [1.807, 2.05) is 4.90 Å². The smallest absolute Gasteiger partial charge is 0.317 e. The van der Waals surface area contributed by atoms with Crippen LogP contribution in [0.5, 0.6) is 0 Å². The number of likely N-dealkylation sites (tertiary alicyclic amines) is 1. The number of fused-ring (bicyclic) bond motifs is 1. The van der Waals surface area contributed by atoms with Gasteiger partial charge in [-0.15, -0.1) is 0 Å². The zero-order valence-corrected chi connectivity index (χ0v) is 9.74. The fourth-order valence-corrected chi connectivity index (χ4v) is 3.05. The molecule has 2 unspecified atom stereocenters. The van der Waals surface area contributed by atoms with Crippen LogP contribution in [-0.2, 0) is 0 Å². The van der Waals surface area contributed by atoms with Crippen molar-refractivity contribution in [1.29, 1.82) is 0 Å². The monoisotopic (exact) mass is 223 g/mol. The van der Waals surface area contributed by atoms with Gasteiger partial charge in [0, 0.05) is 25.2 Å². The second-order valence-electron chi connectivity index (χ2n) is 5.42. The molecule has 2 saturated heterocycles. The van der Waals surface area contributed by atoms with Crippen LogP contribution in [-0.4, -0.2) is 42.6 Å². The molecule has 0 radical (unpaired) electrons. The van der Waals surface area contributed by atoms with Gasteiger partial charge in [0.25, 0.3) is 0 Å². The third-order valence-corrected chi connectivity index (χ3v) is 4.38. The van der Waals surface area contributed by atoms with Gasteiger partial charge in [-0.2, -0.15) is 0 Å². The van der Waals surface area contributed by atoms with Gasteiger partial charge in [-0.3, -0.25) is 0 Å². The van der Waals surface area contributed by atoms with Crippen molar-refractivity contribution in [1.82, 2.24) is 15.5 Å². The number of hydrogen-bond donors (Lipinski definition) is 2. The Morgan fingerprint density at radius 1 is 1.25 bits per heavy atom. The van der Waals surface area contributed by atoms with Crippen molar-refractivity contribution in [2.45, 2.75) is 44.2 Å². The molecule has 0 aromatic carbocycles. The zero-order valence-electron chi connectivity index (χ0n) is 9.74. The normalized spacial score (nSPS) is 34.4. The highest BCUT2D eigenvalue weighted by Crippen LogP contribution is 2.25. The molecule has 0 aromatic rings. The fourth-order valence-electron chi connectivity index (χ4n) is 3.05. The fraction of sp³-hybridized carbons (Fsp3) is 0.917. The molecule has 2 atom stereocenters. The molecular weight excluding hydrogens is 202 g/mol. The molecule has 2 heterocycles. The first-order chi connectivity index (χ1) is 7.83. The average Bonchev–Trinajstić information content (AvgIpc) is 2.69. The van der Waals surface area contributed by atoms with Gasteiger partial charge in [0.15, 0.2) is 0 Å². The van der Waals surface area contributed by atoms with Gasteiger partial charge in [-0.05, 0) is 44.6 Å². The Morgan fingerprint density at radius 2 is 2.12 bits per heavy atom. The van der Waals surface area contributed by atoms with E-state index < -0.39 is 0 Å². The number of urea groups is 1. The number of amides is 2. The Kier molecular flexibility index (Phi) is 2.75.